The topological polar surface area (TPSA) is 46.1 Å². The highest BCUT2D eigenvalue weighted by Crippen LogP contribution is 2.34. The number of aryl methyl sites for hydroxylation is 2. The summed E-state index contributed by atoms with van der Waals surface area (Å²) in [5, 5.41) is 2.80. The number of hydrogen-bond donors (Lipinski definition) is 0. The minimum Gasteiger partial charge on any atom is -0.330 e. The predicted molar refractivity (Wildman–Crippen MR) is 104 cm³/mol. The highest BCUT2D eigenvalue weighted by molar-refractivity contribution is 7.13. The van der Waals surface area contributed by atoms with Crippen molar-refractivity contribution in [2.75, 3.05) is 6.54 Å². The van der Waals surface area contributed by atoms with Gasteiger partial charge in [-0.2, -0.15) is 0 Å². The summed E-state index contributed by atoms with van der Waals surface area (Å²) in [6.45, 7) is 4.95. The molecule has 0 saturated carbocycles. The molecule has 0 spiro atoms. The van der Waals surface area contributed by atoms with Crippen LogP contribution >= 0.6 is 11.3 Å². The number of likely N-dealkylation sites (tertiary alicyclic amines) is 1. The summed E-state index contributed by atoms with van der Waals surface area (Å²) in [5.74, 6) is 0.0246. The summed E-state index contributed by atoms with van der Waals surface area (Å²) < 4.78 is 0. The van der Waals surface area contributed by atoms with Crippen molar-refractivity contribution >= 4 is 17.2 Å². The molecule has 3 heterocycles. The number of thiazole rings is 1. The van der Waals surface area contributed by atoms with E-state index in [1.165, 1.54) is 22.5 Å². The van der Waals surface area contributed by atoms with Gasteiger partial charge >= 0.3 is 0 Å². The fourth-order valence-corrected chi connectivity index (χ4v) is 4.52. The third-order valence-electron chi connectivity index (χ3n) is 4.94. The number of carbonyl (C=O) groups is 1. The summed E-state index contributed by atoms with van der Waals surface area (Å²) in [6.07, 6.45) is 5.59. The van der Waals surface area contributed by atoms with Crippen LogP contribution in [0, 0.1) is 13.8 Å². The number of hydrogen-bond acceptors (Lipinski definition) is 4. The van der Waals surface area contributed by atoms with Crippen LogP contribution in [0.15, 0.2) is 48.1 Å². The van der Waals surface area contributed by atoms with Crippen LogP contribution in [0.1, 0.15) is 46.1 Å². The fourth-order valence-electron chi connectivity index (χ4n) is 3.64. The standard InChI is InChI=1S/C21H21N3OS/c1-14-5-6-17(15(2)12-14)20-23-18(13-26-20)21(25)24-11-3-4-19(24)16-7-9-22-10-8-16/h5-10,12-13,19H,3-4,11H2,1-2H3. The van der Waals surface area contributed by atoms with E-state index in [4.69, 9.17) is 0 Å². The maximum absolute atomic E-state index is 13.1. The van der Waals surface area contributed by atoms with Gasteiger partial charge in [-0.25, -0.2) is 4.98 Å². The van der Waals surface area contributed by atoms with E-state index in [-0.39, 0.29) is 11.9 Å². The van der Waals surface area contributed by atoms with Crippen molar-refractivity contribution in [3.63, 3.8) is 0 Å². The Balaban J connectivity index is 1.60. The van der Waals surface area contributed by atoms with Gasteiger partial charge in [0.05, 0.1) is 6.04 Å². The smallest absolute Gasteiger partial charge is 0.273 e. The van der Waals surface area contributed by atoms with Crippen LogP contribution in [-0.4, -0.2) is 27.3 Å². The minimum absolute atomic E-state index is 0.0246. The van der Waals surface area contributed by atoms with Gasteiger partial charge in [0.1, 0.15) is 10.7 Å². The SMILES string of the molecule is Cc1ccc(-c2nc(C(=O)N3CCCC3c3ccncc3)cs2)c(C)c1. The number of nitrogens with zero attached hydrogens (tertiary/aromatic N) is 3. The molecule has 1 saturated heterocycles. The quantitative estimate of drug-likeness (QED) is 0.671. The second-order valence-corrected chi connectivity index (χ2v) is 7.65. The van der Waals surface area contributed by atoms with Gasteiger partial charge in [-0.15, -0.1) is 11.3 Å². The molecule has 1 aromatic carbocycles. The average molecular weight is 363 g/mol. The van der Waals surface area contributed by atoms with Gasteiger partial charge < -0.3 is 4.90 Å². The largest absolute Gasteiger partial charge is 0.330 e. The molecule has 1 amide bonds. The van der Waals surface area contributed by atoms with Gasteiger partial charge in [0.25, 0.3) is 5.91 Å². The highest BCUT2D eigenvalue weighted by atomic mass is 32.1. The molecule has 4 nitrogen and oxygen atoms in total. The maximum atomic E-state index is 13.1. The van der Waals surface area contributed by atoms with Gasteiger partial charge in [0.15, 0.2) is 0 Å². The molecule has 1 aliphatic heterocycles. The van der Waals surface area contributed by atoms with Gasteiger partial charge in [-0.05, 0) is 49.9 Å². The van der Waals surface area contributed by atoms with E-state index >= 15 is 0 Å². The van der Waals surface area contributed by atoms with Crippen LogP contribution < -0.4 is 0 Å². The Kier molecular flexibility index (Phi) is 4.55. The van der Waals surface area contributed by atoms with Gasteiger partial charge in [-0.3, -0.25) is 9.78 Å². The van der Waals surface area contributed by atoms with Crippen molar-refractivity contribution in [3.05, 3.63) is 70.5 Å². The lowest BCUT2D eigenvalue weighted by atomic mass is 10.1. The Morgan fingerprint density at radius 1 is 1.19 bits per heavy atom. The number of aromatic nitrogens is 2. The molecule has 26 heavy (non-hydrogen) atoms. The van der Waals surface area contributed by atoms with Crippen molar-refractivity contribution in [1.82, 2.24) is 14.9 Å². The Bertz CT molecular complexity index is 935. The lowest BCUT2D eigenvalue weighted by molar-refractivity contribution is 0.0730. The summed E-state index contributed by atoms with van der Waals surface area (Å²) in [5.41, 5.74) is 5.22. The van der Waals surface area contributed by atoms with E-state index in [2.05, 4.69) is 42.0 Å². The molecule has 2 aromatic heterocycles. The van der Waals surface area contributed by atoms with Crippen LogP contribution in [0.4, 0.5) is 0 Å². The Labute approximate surface area is 157 Å². The van der Waals surface area contributed by atoms with Crippen molar-refractivity contribution in [2.45, 2.75) is 32.7 Å². The van der Waals surface area contributed by atoms with Crippen molar-refractivity contribution in [3.8, 4) is 10.6 Å². The van der Waals surface area contributed by atoms with Crippen LogP contribution in [0.25, 0.3) is 10.6 Å². The van der Waals surface area contributed by atoms with Crippen LogP contribution in [0.3, 0.4) is 0 Å². The molecule has 0 bridgehead atoms. The molecule has 5 heteroatoms. The summed E-state index contributed by atoms with van der Waals surface area (Å²) in [6, 6.07) is 10.4. The zero-order chi connectivity index (χ0) is 18.1. The minimum atomic E-state index is 0.0246. The molecule has 3 aromatic rings. The number of pyridine rings is 1. The van der Waals surface area contributed by atoms with Crippen molar-refractivity contribution < 1.29 is 4.79 Å². The molecule has 0 N–H and O–H groups in total. The van der Waals surface area contributed by atoms with Crippen LogP contribution in [-0.2, 0) is 0 Å². The third kappa shape index (κ3) is 3.15. The number of carbonyl (C=O) groups excluding carboxylic acids is 1. The maximum Gasteiger partial charge on any atom is 0.273 e. The van der Waals surface area contributed by atoms with Crippen LogP contribution in [0.5, 0.6) is 0 Å². The lowest BCUT2D eigenvalue weighted by Gasteiger charge is -2.24. The van der Waals surface area contributed by atoms with E-state index in [0.29, 0.717) is 5.69 Å². The molecule has 1 atom stereocenters. The lowest BCUT2D eigenvalue weighted by Crippen LogP contribution is -2.30. The molecular formula is C21H21N3OS. The Hall–Kier alpha value is -2.53. The highest BCUT2D eigenvalue weighted by Gasteiger charge is 2.31. The van der Waals surface area contributed by atoms with E-state index < -0.39 is 0 Å². The van der Waals surface area contributed by atoms with Gasteiger partial charge in [0.2, 0.25) is 0 Å². The Morgan fingerprint density at radius 3 is 2.77 bits per heavy atom. The number of amides is 1. The number of benzene rings is 1. The molecular weight excluding hydrogens is 342 g/mol. The first-order valence-electron chi connectivity index (χ1n) is 8.87. The van der Waals surface area contributed by atoms with Crippen LogP contribution in [0.2, 0.25) is 0 Å². The molecule has 0 aliphatic carbocycles. The molecule has 1 aliphatic rings. The first-order chi connectivity index (χ1) is 12.6. The van der Waals surface area contributed by atoms with E-state index in [1.54, 1.807) is 12.4 Å². The summed E-state index contributed by atoms with van der Waals surface area (Å²) in [4.78, 5) is 23.8. The second kappa shape index (κ2) is 7.00. The van der Waals surface area contributed by atoms with E-state index in [1.807, 2.05) is 22.4 Å². The normalized spacial score (nSPS) is 16.8. The molecule has 1 fully saturated rings. The fraction of sp³-hybridized carbons (Fsp3) is 0.286. The van der Waals surface area contributed by atoms with Crippen molar-refractivity contribution in [2.24, 2.45) is 0 Å². The molecule has 4 rings (SSSR count). The molecule has 1 unspecified atom stereocenters. The predicted octanol–water partition coefficient (Wildman–Crippen LogP) is 4.80. The van der Waals surface area contributed by atoms with Gasteiger partial charge in [0, 0.05) is 29.9 Å². The van der Waals surface area contributed by atoms with Gasteiger partial charge in [-0.1, -0.05) is 23.8 Å². The third-order valence-corrected chi connectivity index (χ3v) is 5.82. The summed E-state index contributed by atoms with van der Waals surface area (Å²) in [7, 11) is 0. The van der Waals surface area contributed by atoms with E-state index in [9.17, 15) is 4.79 Å². The molecule has 132 valence electrons. The average Bonchev–Trinajstić information content (AvgIpc) is 3.32. The first-order valence-corrected chi connectivity index (χ1v) is 9.75. The monoisotopic (exact) mass is 363 g/mol. The zero-order valence-corrected chi connectivity index (χ0v) is 15.8. The summed E-state index contributed by atoms with van der Waals surface area (Å²) >= 11 is 1.54. The molecule has 0 radical (unpaired) electrons. The second-order valence-electron chi connectivity index (χ2n) is 6.79. The zero-order valence-electron chi connectivity index (χ0n) is 15.0. The van der Waals surface area contributed by atoms with E-state index in [0.717, 1.165) is 35.5 Å². The Morgan fingerprint density at radius 2 is 2.00 bits per heavy atom. The first kappa shape index (κ1) is 16.9. The number of rotatable bonds is 3. The van der Waals surface area contributed by atoms with Crippen molar-refractivity contribution in [1.29, 1.82) is 0 Å².